The van der Waals surface area contributed by atoms with Gasteiger partial charge in [-0.25, -0.2) is 0 Å². The molecule has 0 spiro atoms. The van der Waals surface area contributed by atoms with Crippen molar-refractivity contribution >= 4 is 0 Å². The topological polar surface area (TPSA) is 32.5 Å². The third kappa shape index (κ3) is 3.94. The van der Waals surface area contributed by atoms with Gasteiger partial charge in [0, 0.05) is 24.7 Å². The standard InChI is InChI=1S/C15H33N3/c1-5-6-10-17(4)15(13-16)8-7-11-18(12-9-15)14(2)3/h14H,5-13,16H2,1-4H3. The second-order valence-electron chi connectivity index (χ2n) is 6.19. The zero-order valence-corrected chi connectivity index (χ0v) is 12.9. The fraction of sp³-hybridized carbons (Fsp3) is 1.00. The van der Waals surface area contributed by atoms with E-state index in [1.807, 2.05) is 0 Å². The summed E-state index contributed by atoms with van der Waals surface area (Å²) in [5.41, 5.74) is 6.39. The van der Waals surface area contributed by atoms with Crippen LogP contribution >= 0.6 is 0 Å². The Morgan fingerprint density at radius 3 is 2.56 bits per heavy atom. The minimum Gasteiger partial charge on any atom is -0.329 e. The molecule has 0 radical (unpaired) electrons. The second kappa shape index (κ2) is 7.46. The summed E-state index contributed by atoms with van der Waals surface area (Å²) in [6.45, 7) is 11.3. The SMILES string of the molecule is CCCCN(C)C1(CN)CCCN(C(C)C)CC1. The lowest BCUT2D eigenvalue weighted by Gasteiger charge is -2.41. The molecule has 0 aromatic rings. The van der Waals surface area contributed by atoms with E-state index >= 15 is 0 Å². The quantitative estimate of drug-likeness (QED) is 0.790. The first kappa shape index (κ1) is 15.9. The molecular weight excluding hydrogens is 222 g/mol. The summed E-state index contributed by atoms with van der Waals surface area (Å²) >= 11 is 0. The lowest BCUT2D eigenvalue weighted by atomic mass is 9.88. The van der Waals surface area contributed by atoms with Gasteiger partial charge in [0.15, 0.2) is 0 Å². The molecule has 0 saturated carbocycles. The van der Waals surface area contributed by atoms with E-state index in [2.05, 4.69) is 37.6 Å². The van der Waals surface area contributed by atoms with Gasteiger partial charge in [0.2, 0.25) is 0 Å². The Kier molecular flexibility index (Phi) is 6.61. The predicted molar refractivity (Wildman–Crippen MR) is 79.9 cm³/mol. The van der Waals surface area contributed by atoms with E-state index in [9.17, 15) is 0 Å². The maximum Gasteiger partial charge on any atom is 0.0341 e. The smallest absolute Gasteiger partial charge is 0.0341 e. The van der Waals surface area contributed by atoms with Gasteiger partial charge in [-0.1, -0.05) is 13.3 Å². The normalized spacial score (nSPS) is 26.8. The average molecular weight is 255 g/mol. The van der Waals surface area contributed by atoms with Gasteiger partial charge in [0.25, 0.3) is 0 Å². The third-order valence-electron chi connectivity index (χ3n) is 4.72. The van der Waals surface area contributed by atoms with Crippen molar-refractivity contribution in [1.29, 1.82) is 0 Å². The molecule has 1 atom stereocenters. The number of nitrogens with two attached hydrogens (primary N) is 1. The Morgan fingerprint density at radius 2 is 2.00 bits per heavy atom. The summed E-state index contributed by atoms with van der Waals surface area (Å²) in [4.78, 5) is 5.14. The molecule has 3 nitrogen and oxygen atoms in total. The Bertz CT molecular complexity index is 230. The van der Waals surface area contributed by atoms with E-state index in [1.165, 1.54) is 51.7 Å². The first-order valence-corrected chi connectivity index (χ1v) is 7.71. The van der Waals surface area contributed by atoms with Crippen molar-refractivity contribution in [2.24, 2.45) is 5.73 Å². The Hall–Kier alpha value is -0.120. The second-order valence-corrected chi connectivity index (χ2v) is 6.19. The minimum atomic E-state index is 0.249. The molecule has 1 aliphatic heterocycles. The summed E-state index contributed by atoms with van der Waals surface area (Å²) < 4.78 is 0. The number of hydrogen-bond acceptors (Lipinski definition) is 3. The fourth-order valence-electron chi connectivity index (χ4n) is 3.09. The predicted octanol–water partition coefficient (Wildman–Crippen LogP) is 2.31. The monoisotopic (exact) mass is 255 g/mol. The summed E-state index contributed by atoms with van der Waals surface area (Å²) in [5, 5.41) is 0. The van der Waals surface area contributed by atoms with Crippen LogP contribution in [-0.2, 0) is 0 Å². The lowest BCUT2D eigenvalue weighted by molar-refractivity contribution is 0.103. The van der Waals surface area contributed by atoms with Crippen molar-refractivity contribution in [3.05, 3.63) is 0 Å². The summed E-state index contributed by atoms with van der Waals surface area (Å²) in [5.74, 6) is 0. The molecule has 0 aromatic carbocycles. The molecule has 1 aliphatic rings. The molecule has 1 saturated heterocycles. The number of nitrogens with zero attached hydrogens (tertiary/aromatic N) is 2. The summed E-state index contributed by atoms with van der Waals surface area (Å²) in [7, 11) is 2.27. The molecule has 0 bridgehead atoms. The number of likely N-dealkylation sites (tertiary alicyclic amines) is 1. The van der Waals surface area contributed by atoms with Gasteiger partial charge in [-0.3, -0.25) is 4.90 Å². The number of likely N-dealkylation sites (N-methyl/N-ethyl adjacent to an activating group) is 1. The van der Waals surface area contributed by atoms with Gasteiger partial charge in [-0.05, 0) is 59.7 Å². The molecule has 1 heterocycles. The van der Waals surface area contributed by atoms with Crippen LogP contribution < -0.4 is 5.73 Å². The molecule has 0 aromatic heterocycles. The van der Waals surface area contributed by atoms with Crippen LogP contribution in [-0.4, -0.2) is 54.6 Å². The van der Waals surface area contributed by atoms with E-state index in [-0.39, 0.29) is 5.54 Å². The van der Waals surface area contributed by atoms with E-state index in [4.69, 9.17) is 5.73 Å². The number of hydrogen-bond donors (Lipinski definition) is 1. The molecule has 1 rings (SSSR count). The average Bonchev–Trinajstić information content (AvgIpc) is 2.59. The zero-order valence-electron chi connectivity index (χ0n) is 12.9. The van der Waals surface area contributed by atoms with Crippen molar-refractivity contribution in [1.82, 2.24) is 9.80 Å². The molecule has 0 amide bonds. The van der Waals surface area contributed by atoms with Crippen LogP contribution in [0.25, 0.3) is 0 Å². The highest BCUT2D eigenvalue weighted by atomic mass is 15.2. The van der Waals surface area contributed by atoms with Crippen LogP contribution in [0.4, 0.5) is 0 Å². The molecule has 1 fully saturated rings. The Balaban J connectivity index is 2.63. The van der Waals surface area contributed by atoms with E-state index in [0.29, 0.717) is 6.04 Å². The Morgan fingerprint density at radius 1 is 1.28 bits per heavy atom. The van der Waals surface area contributed by atoms with Gasteiger partial charge >= 0.3 is 0 Å². The van der Waals surface area contributed by atoms with Crippen LogP contribution in [0.1, 0.15) is 52.9 Å². The lowest BCUT2D eigenvalue weighted by Crippen LogP contribution is -2.53. The molecule has 1 unspecified atom stereocenters. The van der Waals surface area contributed by atoms with Crippen LogP contribution in [0.2, 0.25) is 0 Å². The highest BCUT2D eigenvalue weighted by molar-refractivity contribution is 4.93. The maximum atomic E-state index is 6.14. The molecule has 108 valence electrons. The van der Waals surface area contributed by atoms with Crippen LogP contribution in [0.5, 0.6) is 0 Å². The van der Waals surface area contributed by atoms with E-state index in [0.717, 1.165) is 6.54 Å². The zero-order chi connectivity index (χ0) is 13.6. The molecular formula is C15H33N3. The molecule has 0 aliphatic carbocycles. The van der Waals surface area contributed by atoms with Crippen molar-refractivity contribution < 1.29 is 0 Å². The summed E-state index contributed by atoms with van der Waals surface area (Å²) in [6.07, 6.45) is 6.32. The van der Waals surface area contributed by atoms with Crippen LogP contribution in [0.3, 0.4) is 0 Å². The third-order valence-corrected chi connectivity index (χ3v) is 4.72. The molecule has 2 N–H and O–H groups in total. The van der Waals surface area contributed by atoms with Crippen LogP contribution in [0.15, 0.2) is 0 Å². The number of rotatable bonds is 6. The van der Waals surface area contributed by atoms with Gasteiger partial charge in [0.05, 0.1) is 0 Å². The van der Waals surface area contributed by atoms with Crippen molar-refractivity contribution in [3.8, 4) is 0 Å². The van der Waals surface area contributed by atoms with Gasteiger partial charge in [-0.15, -0.1) is 0 Å². The minimum absolute atomic E-state index is 0.249. The van der Waals surface area contributed by atoms with E-state index in [1.54, 1.807) is 0 Å². The highest BCUT2D eigenvalue weighted by Gasteiger charge is 2.35. The largest absolute Gasteiger partial charge is 0.329 e. The molecule has 18 heavy (non-hydrogen) atoms. The van der Waals surface area contributed by atoms with E-state index < -0.39 is 0 Å². The highest BCUT2D eigenvalue weighted by Crippen LogP contribution is 2.28. The van der Waals surface area contributed by atoms with Crippen molar-refractivity contribution in [2.75, 3.05) is 33.2 Å². The fourth-order valence-corrected chi connectivity index (χ4v) is 3.09. The maximum absolute atomic E-state index is 6.14. The van der Waals surface area contributed by atoms with Crippen molar-refractivity contribution in [2.45, 2.75) is 64.5 Å². The first-order valence-electron chi connectivity index (χ1n) is 7.71. The molecule has 3 heteroatoms. The van der Waals surface area contributed by atoms with Crippen LogP contribution in [0, 0.1) is 0 Å². The van der Waals surface area contributed by atoms with Crippen molar-refractivity contribution in [3.63, 3.8) is 0 Å². The Labute approximate surface area is 114 Å². The first-order chi connectivity index (χ1) is 8.55. The number of unbranched alkanes of at least 4 members (excludes halogenated alkanes) is 1. The van der Waals surface area contributed by atoms with Gasteiger partial charge in [-0.2, -0.15) is 0 Å². The van der Waals surface area contributed by atoms with Gasteiger partial charge in [0.1, 0.15) is 0 Å². The summed E-state index contributed by atoms with van der Waals surface area (Å²) in [6, 6.07) is 0.666. The van der Waals surface area contributed by atoms with Gasteiger partial charge < -0.3 is 10.6 Å².